The Kier molecular flexibility index (Phi) is 7.18. The summed E-state index contributed by atoms with van der Waals surface area (Å²) in [6.45, 7) is 4.25. The van der Waals surface area contributed by atoms with Gasteiger partial charge in [0.2, 0.25) is 0 Å². The Labute approximate surface area is 164 Å². The lowest BCUT2D eigenvalue weighted by Crippen LogP contribution is -2.32. The van der Waals surface area contributed by atoms with E-state index in [-0.39, 0.29) is 6.04 Å². The molecule has 3 atom stereocenters. The second kappa shape index (κ2) is 9.80. The molecule has 0 amide bonds. The van der Waals surface area contributed by atoms with E-state index in [0.29, 0.717) is 8.58 Å². The van der Waals surface area contributed by atoms with E-state index < -0.39 is 6.10 Å². The maximum Gasteiger partial charge on any atom is 0.0940 e. The standard InChI is InChI=1S/C24H28NOP/c1-3-19-11-7-8-14-21(19)22-15-9-10-16-23(22)27-17-25-18(2)24(26)20-12-5-4-6-13-20/h4-16,18,24-27H,3,17H2,1-2H3/t18-,24?/m0/s1. The summed E-state index contributed by atoms with van der Waals surface area (Å²) in [7, 11) is 0.648. The van der Waals surface area contributed by atoms with E-state index in [4.69, 9.17) is 0 Å². The van der Waals surface area contributed by atoms with Crippen LogP contribution in [0.4, 0.5) is 0 Å². The summed E-state index contributed by atoms with van der Waals surface area (Å²) in [6.07, 6.45) is 1.40. The van der Waals surface area contributed by atoms with Crippen LogP contribution in [0.3, 0.4) is 0 Å². The van der Waals surface area contributed by atoms with Gasteiger partial charge in [-0.1, -0.05) is 94.4 Å². The van der Waals surface area contributed by atoms with Gasteiger partial charge in [-0.15, -0.1) is 0 Å². The molecule has 0 radical (unpaired) electrons. The average molecular weight is 377 g/mol. The number of hydrogen-bond acceptors (Lipinski definition) is 2. The van der Waals surface area contributed by atoms with Crippen molar-refractivity contribution < 1.29 is 5.11 Å². The van der Waals surface area contributed by atoms with Crippen molar-refractivity contribution in [1.29, 1.82) is 0 Å². The van der Waals surface area contributed by atoms with E-state index in [0.717, 1.165) is 18.3 Å². The van der Waals surface area contributed by atoms with Gasteiger partial charge in [0, 0.05) is 12.3 Å². The van der Waals surface area contributed by atoms with Gasteiger partial charge in [-0.3, -0.25) is 0 Å². The van der Waals surface area contributed by atoms with E-state index >= 15 is 0 Å². The first kappa shape index (κ1) is 19.8. The molecule has 0 spiro atoms. The topological polar surface area (TPSA) is 32.3 Å². The molecule has 0 aliphatic heterocycles. The van der Waals surface area contributed by atoms with Gasteiger partial charge in [0.1, 0.15) is 0 Å². The Morgan fingerprint density at radius 1 is 0.852 bits per heavy atom. The molecule has 0 aliphatic rings. The highest BCUT2D eigenvalue weighted by Crippen LogP contribution is 2.27. The molecule has 0 saturated heterocycles. The van der Waals surface area contributed by atoms with Crippen molar-refractivity contribution in [3.05, 3.63) is 90.0 Å². The minimum atomic E-state index is -0.493. The first-order valence-electron chi connectivity index (χ1n) is 9.58. The van der Waals surface area contributed by atoms with Crippen molar-refractivity contribution in [2.24, 2.45) is 0 Å². The summed E-state index contributed by atoms with van der Waals surface area (Å²) in [5.74, 6) is 0. The summed E-state index contributed by atoms with van der Waals surface area (Å²) < 4.78 is 0. The molecule has 140 valence electrons. The highest BCUT2D eigenvalue weighted by atomic mass is 31.1. The van der Waals surface area contributed by atoms with Gasteiger partial charge in [-0.2, -0.15) is 0 Å². The molecule has 3 rings (SSSR count). The number of hydrogen-bond donors (Lipinski definition) is 2. The Balaban J connectivity index is 1.67. The number of benzene rings is 3. The molecule has 0 heterocycles. The molecule has 3 aromatic rings. The zero-order chi connectivity index (χ0) is 19.1. The van der Waals surface area contributed by atoms with Gasteiger partial charge in [0.05, 0.1) is 6.10 Å². The number of rotatable bonds is 8. The molecule has 0 fully saturated rings. The molecule has 2 N–H and O–H groups in total. The lowest BCUT2D eigenvalue weighted by Gasteiger charge is -2.21. The number of aliphatic hydroxyl groups is 1. The molecule has 2 nitrogen and oxygen atoms in total. The van der Waals surface area contributed by atoms with Gasteiger partial charge in [-0.05, 0) is 40.9 Å². The Hall–Kier alpha value is -1.99. The van der Waals surface area contributed by atoms with Gasteiger partial charge in [0.25, 0.3) is 0 Å². The van der Waals surface area contributed by atoms with Crippen LogP contribution >= 0.6 is 8.58 Å². The lowest BCUT2D eigenvalue weighted by atomic mass is 9.98. The fourth-order valence-electron chi connectivity index (χ4n) is 3.32. The minimum absolute atomic E-state index is 0.00925. The van der Waals surface area contributed by atoms with Crippen LogP contribution in [0.1, 0.15) is 31.1 Å². The fraction of sp³-hybridized carbons (Fsp3) is 0.250. The van der Waals surface area contributed by atoms with Crippen LogP contribution in [-0.4, -0.2) is 17.4 Å². The smallest absolute Gasteiger partial charge is 0.0940 e. The van der Waals surface area contributed by atoms with Gasteiger partial charge in [0.15, 0.2) is 0 Å². The van der Waals surface area contributed by atoms with E-state index in [1.807, 2.05) is 37.3 Å². The second-order valence-electron chi connectivity index (χ2n) is 6.76. The second-order valence-corrected chi connectivity index (χ2v) is 8.00. The van der Waals surface area contributed by atoms with Crippen LogP contribution in [0.2, 0.25) is 0 Å². The van der Waals surface area contributed by atoms with Gasteiger partial charge >= 0.3 is 0 Å². The summed E-state index contributed by atoms with van der Waals surface area (Å²) in [5.41, 5.74) is 5.00. The monoisotopic (exact) mass is 377 g/mol. The molecule has 0 aromatic heterocycles. The molecule has 3 heteroatoms. The van der Waals surface area contributed by atoms with Crippen molar-refractivity contribution in [2.45, 2.75) is 32.4 Å². The fourth-order valence-corrected chi connectivity index (χ4v) is 4.56. The largest absolute Gasteiger partial charge is 0.387 e. The maximum absolute atomic E-state index is 10.5. The molecule has 0 bridgehead atoms. The Bertz CT molecular complexity index is 850. The first-order chi connectivity index (χ1) is 13.2. The predicted octanol–water partition coefficient (Wildman–Crippen LogP) is 4.89. The summed E-state index contributed by atoms with van der Waals surface area (Å²) in [4.78, 5) is 0. The van der Waals surface area contributed by atoms with E-state index in [1.165, 1.54) is 22.0 Å². The highest BCUT2D eigenvalue weighted by molar-refractivity contribution is 7.47. The number of aryl methyl sites for hydroxylation is 1. The Morgan fingerprint density at radius 3 is 2.22 bits per heavy atom. The van der Waals surface area contributed by atoms with E-state index in [1.54, 1.807) is 0 Å². The minimum Gasteiger partial charge on any atom is -0.387 e. The zero-order valence-corrected chi connectivity index (χ0v) is 17.0. The normalized spacial score (nSPS) is 13.7. The van der Waals surface area contributed by atoms with Gasteiger partial charge in [-0.25, -0.2) is 0 Å². The van der Waals surface area contributed by atoms with Crippen LogP contribution in [0, 0.1) is 0 Å². The zero-order valence-electron chi connectivity index (χ0n) is 16.0. The van der Waals surface area contributed by atoms with Crippen molar-refractivity contribution in [2.75, 3.05) is 6.29 Å². The summed E-state index contributed by atoms with van der Waals surface area (Å²) in [5, 5.41) is 15.4. The maximum atomic E-state index is 10.5. The van der Waals surface area contributed by atoms with E-state index in [9.17, 15) is 5.11 Å². The van der Waals surface area contributed by atoms with Crippen LogP contribution in [-0.2, 0) is 6.42 Å². The first-order valence-corrected chi connectivity index (χ1v) is 10.8. The van der Waals surface area contributed by atoms with Crippen LogP contribution in [0.5, 0.6) is 0 Å². The number of aliphatic hydroxyl groups excluding tert-OH is 1. The molecule has 0 aliphatic carbocycles. The van der Waals surface area contributed by atoms with Crippen molar-refractivity contribution >= 4 is 13.9 Å². The molecule has 2 unspecified atom stereocenters. The molecular weight excluding hydrogens is 349 g/mol. The van der Waals surface area contributed by atoms with Crippen molar-refractivity contribution in [3.63, 3.8) is 0 Å². The molecule has 27 heavy (non-hydrogen) atoms. The summed E-state index contributed by atoms with van der Waals surface area (Å²) >= 11 is 0. The lowest BCUT2D eigenvalue weighted by molar-refractivity contribution is 0.139. The van der Waals surface area contributed by atoms with Crippen LogP contribution in [0.25, 0.3) is 11.1 Å². The van der Waals surface area contributed by atoms with E-state index in [2.05, 4.69) is 60.8 Å². The average Bonchev–Trinajstić information content (AvgIpc) is 2.74. The summed E-state index contributed by atoms with van der Waals surface area (Å²) in [6, 6.07) is 27.2. The molecule has 3 aromatic carbocycles. The highest BCUT2D eigenvalue weighted by Gasteiger charge is 2.15. The third-order valence-corrected chi connectivity index (χ3v) is 6.13. The molecule has 0 saturated carbocycles. The molecular formula is C24H28NOP. The number of nitrogens with one attached hydrogen (secondary N) is 1. The Morgan fingerprint density at radius 2 is 1.48 bits per heavy atom. The predicted molar refractivity (Wildman–Crippen MR) is 118 cm³/mol. The van der Waals surface area contributed by atoms with Crippen molar-refractivity contribution in [1.82, 2.24) is 5.32 Å². The van der Waals surface area contributed by atoms with Crippen LogP contribution in [0.15, 0.2) is 78.9 Å². The van der Waals surface area contributed by atoms with Crippen LogP contribution < -0.4 is 10.6 Å². The third kappa shape index (κ3) is 5.05. The quantitative estimate of drug-likeness (QED) is 0.548. The third-order valence-electron chi connectivity index (χ3n) is 4.93. The van der Waals surface area contributed by atoms with Crippen molar-refractivity contribution in [3.8, 4) is 11.1 Å². The van der Waals surface area contributed by atoms with Gasteiger partial charge < -0.3 is 10.4 Å². The SMILES string of the molecule is CCc1ccccc1-c1ccccc1PCN[C@@H](C)C(O)c1ccccc1.